The van der Waals surface area contributed by atoms with E-state index in [1.54, 1.807) is 0 Å². The molecule has 0 bridgehead atoms. The van der Waals surface area contributed by atoms with Crippen LogP contribution in [0.1, 0.15) is 31.4 Å². The zero-order valence-corrected chi connectivity index (χ0v) is 10.5. The molecule has 1 aromatic carbocycles. The Hall–Kier alpha value is -1.53. The molecule has 0 amide bonds. The van der Waals surface area contributed by atoms with Gasteiger partial charge in [0.25, 0.3) is 0 Å². The van der Waals surface area contributed by atoms with Gasteiger partial charge in [-0.05, 0) is 37.1 Å². The molecule has 1 aliphatic rings. The van der Waals surface area contributed by atoms with Gasteiger partial charge in [-0.3, -0.25) is 0 Å². The van der Waals surface area contributed by atoms with Crippen LogP contribution in [0.2, 0.25) is 0 Å². The molecule has 2 atom stereocenters. The summed E-state index contributed by atoms with van der Waals surface area (Å²) in [6.07, 6.45) is 0.561. The number of nitrogens with zero attached hydrogens (tertiary/aromatic N) is 1. The number of nitrogens with one attached hydrogen (secondary N) is 1. The average Bonchev–Trinajstić information content (AvgIpc) is 2.29. The van der Waals surface area contributed by atoms with E-state index >= 15 is 0 Å². The summed E-state index contributed by atoms with van der Waals surface area (Å²) < 4.78 is 0. The Balaban J connectivity index is 2.11. The predicted molar refractivity (Wildman–Crippen MR) is 67.7 cm³/mol. The fourth-order valence-corrected chi connectivity index (χ4v) is 2.23. The molecule has 17 heavy (non-hydrogen) atoms. The molecule has 0 spiro atoms. The fourth-order valence-electron chi connectivity index (χ4n) is 2.23. The molecule has 90 valence electrons. The third-order valence-electron chi connectivity index (χ3n) is 3.90. The van der Waals surface area contributed by atoms with E-state index in [1.165, 1.54) is 0 Å². The largest absolute Gasteiger partial charge is 0.392 e. The first-order chi connectivity index (χ1) is 7.95. The van der Waals surface area contributed by atoms with E-state index in [-0.39, 0.29) is 11.5 Å². The Labute approximate surface area is 102 Å². The molecule has 0 heterocycles. The molecule has 1 aliphatic carbocycles. The third kappa shape index (κ3) is 2.01. The molecule has 1 saturated carbocycles. The highest BCUT2D eigenvalue weighted by atomic mass is 16.3. The van der Waals surface area contributed by atoms with Crippen molar-refractivity contribution in [3.8, 4) is 6.07 Å². The standard InChI is InChI=1S/C14H18N2O/c1-9-6-11(5-4-10(9)8-15)16-12-7-13(17)14(12,2)3/h4-6,12-13,16-17H,7H2,1-3H3. The predicted octanol–water partition coefficient (Wildman–Crippen LogP) is 2.44. The second-order valence-corrected chi connectivity index (χ2v) is 5.41. The maximum absolute atomic E-state index is 9.68. The highest BCUT2D eigenvalue weighted by molar-refractivity contribution is 5.52. The van der Waals surface area contributed by atoms with Crippen LogP contribution in [0.5, 0.6) is 0 Å². The summed E-state index contributed by atoms with van der Waals surface area (Å²) in [5.74, 6) is 0. The second-order valence-electron chi connectivity index (χ2n) is 5.41. The number of rotatable bonds is 2. The quantitative estimate of drug-likeness (QED) is 0.820. The summed E-state index contributed by atoms with van der Waals surface area (Å²) in [6.45, 7) is 6.06. The molecular formula is C14H18N2O. The van der Waals surface area contributed by atoms with Crippen molar-refractivity contribution in [1.82, 2.24) is 0 Å². The number of benzene rings is 1. The van der Waals surface area contributed by atoms with Gasteiger partial charge in [-0.2, -0.15) is 5.26 Å². The lowest BCUT2D eigenvalue weighted by molar-refractivity contribution is -0.0510. The van der Waals surface area contributed by atoms with Crippen molar-refractivity contribution < 1.29 is 5.11 Å². The van der Waals surface area contributed by atoms with Crippen molar-refractivity contribution in [2.75, 3.05) is 5.32 Å². The number of nitriles is 1. The van der Waals surface area contributed by atoms with Crippen molar-refractivity contribution in [2.24, 2.45) is 5.41 Å². The van der Waals surface area contributed by atoms with E-state index in [0.29, 0.717) is 11.6 Å². The van der Waals surface area contributed by atoms with Crippen molar-refractivity contribution in [1.29, 1.82) is 5.26 Å². The van der Waals surface area contributed by atoms with Gasteiger partial charge in [0, 0.05) is 17.1 Å². The van der Waals surface area contributed by atoms with Crippen LogP contribution in [0.25, 0.3) is 0 Å². The van der Waals surface area contributed by atoms with Crippen LogP contribution < -0.4 is 5.32 Å². The van der Waals surface area contributed by atoms with E-state index in [0.717, 1.165) is 17.7 Å². The zero-order valence-electron chi connectivity index (χ0n) is 10.5. The second kappa shape index (κ2) is 4.05. The summed E-state index contributed by atoms with van der Waals surface area (Å²) in [4.78, 5) is 0. The van der Waals surface area contributed by atoms with E-state index in [1.807, 2.05) is 25.1 Å². The minimum Gasteiger partial charge on any atom is -0.392 e. The Morgan fingerprint density at radius 1 is 1.47 bits per heavy atom. The topological polar surface area (TPSA) is 56.0 Å². The Morgan fingerprint density at radius 3 is 2.65 bits per heavy atom. The monoisotopic (exact) mass is 230 g/mol. The molecular weight excluding hydrogens is 212 g/mol. The Bertz CT molecular complexity index is 474. The highest BCUT2D eigenvalue weighted by Crippen LogP contribution is 2.42. The normalized spacial score (nSPS) is 25.8. The molecule has 3 nitrogen and oxygen atoms in total. The van der Waals surface area contributed by atoms with Crippen LogP contribution in [0.3, 0.4) is 0 Å². The minimum absolute atomic E-state index is 0.0815. The van der Waals surface area contributed by atoms with Crippen LogP contribution in [0.15, 0.2) is 18.2 Å². The fraction of sp³-hybridized carbons (Fsp3) is 0.500. The zero-order chi connectivity index (χ0) is 12.6. The Kier molecular flexibility index (Phi) is 2.84. The molecule has 1 fully saturated rings. The molecule has 0 radical (unpaired) electrons. The first-order valence-electron chi connectivity index (χ1n) is 5.90. The third-order valence-corrected chi connectivity index (χ3v) is 3.90. The SMILES string of the molecule is Cc1cc(NC2CC(O)C2(C)C)ccc1C#N. The van der Waals surface area contributed by atoms with Crippen LogP contribution in [0.4, 0.5) is 5.69 Å². The van der Waals surface area contributed by atoms with Gasteiger partial charge < -0.3 is 10.4 Å². The first-order valence-corrected chi connectivity index (χ1v) is 5.90. The molecule has 0 aromatic heterocycles. The lowest BCUT2D eigenvalue weighted by Gasteiger charge is -2.49. The van der Waals surface area contributed by atoms with Gasteiger partial charge in [-0.25, -0.2) is 0 Å². The molecule has 0 saturated heterocycles. The van der Waals surface area contributed by atoms with Crippen molar-refractivity contribution in [3.05, 3.63) is 29.3 Å². The number of hydrogen-bond acceptors (Lipinski definition) is 3. The first kappa shape index (κ1) is 11.9. The lowest BCUT2D eigenvalue weighted by atomic mass is 9.64. The number of anilines is 1. The summed E-state index contributed by atoms with van der Waals surface area (Å²) in [5.41, 5.74) is 2.63. The highest BCUT2D eigenvalue weighted by Gasteiger charge is 2.47. The van der Waals surface area contributed by atoms with Crippen molar-refractivity contribution in [2.45, 2.75) is 39.3 Å². The van der Waals surface area contributed by atoms with Gasteiger partial charge in [-0.15, -0.1) is 0 Å². The van der Waals surface area contributed by atoms with Gasteiger partial charge in [0.15, 0.2) is 0 Å². The number of aryl methyl sites for hydroxylation is 1. The van der Waals surface area contributed by atoms with Gasteiger partial charge in [0.05, 0.1) is 17.7 Å². The van der Waals surface area contributed by atoms with E-state index in [9.17, 15) is 5.11 Å². The Morgan fingerprint density at radius 2 is 2.18 bits per heavy atom. The summed E-state index contributed by atoms with van der Waals surface area (Å²) in [6, 6.07) is 8.20. The molecule has 3 heteroatoms. The summed E-state index contributed by atoms with van der Waals surface area (Å²) in [5, 5.41) is 22.0. The van der Waals surface area contributed by atoms with Crippen molar-refractivity contribution >= 4 is 5.69 Å². The van der Waals surface area contributed by atoms with Gasteiger partial charge in [0.1, 0.15) is 0 Å². The maximum Gasteiger partial charge on any atom is 0.0994 e. The van der Waals surface area contributed by atoms with Gasteiger partial charge in [0.2, 0.25) is 0 Å². The number of aliphatic hydroxyl groups is 1. The molecule has 2 unspecified atom stereocenters. The van der Waals surface area contributed by atoms with E-state index in [4.69, 9.17) is 5.26 Å². The van der Waals surface area contributed by atoms with Crippen molar-refractivity contribution in [3.63, 3.8) is 0 Å². The minimum atomic E-state index is -0.223. The number of aliphatic hydroxyl groups excluding tert-OH is 1. The van der Waals surface area contributed by atoms with E-state index in [2.05, 4.69) is 25.2 Å². The lowest BCUT2D eigenvalue weighted by Crippen LogP contribution is -2.56. The van der Waals surface area contributed by atoms with Crippen LogP contribution in [-0.4, -0.2) is 17.3 Å². The van der Waals surface area contributed by atoms with Crippen LogP contribution >= 0.6 is 0 Å². The molecule has 2 N–H and O–H groups in total. The van der Waals surface area contributed by atoms with E-state index < -0.39 is 0 Å². The average molecular weight is 230 g/mol. The molecule has 1 aromatic rings. The number of hydrogen-bond donors (Lipinski definition) is 2. The smallest absolute Gasteiger partial charge is 0.0994 e. The van der Waals surface area contributed by atoms with Crippen LogP contribution in [0, 0.1) is 23.7 Å². The van der Waals surface area contributed by atoms with Gasteiger partial charge >= 0.3 is 0 Å². The molecule has 0 aliphatic heterocycles. The van der Waals surface area contributed by atoms with Gasteiger partial charge in [-0.1, -0.05) is 13.8 Å². The summed E-state index contributed by atoms with van der Waals surface area (Å²) in [7, 11) is 0. The summed E-state index contributed by atoms with van der Waals surface area (Å²) >= 11 is 0. The van der Waals surface area contributed by atoms with Crippen LogP contribution in [-0.2, 0) is 0 Å². The molecule has 2 rings (SSSR count). The maximum atomic E-state index is 9.68.